The number of rotatable bonds is 2. The van der Waals surface area contributed by atoms with Gasteiger partial charge in [-0.25, -0.2) is 0 Å². The molecule has 0 amide bonds. The van der Waals surface area contributed by atoms with E-state index in [1.807, 2.05) is 0 Å². The van der Waals surface area contributed by atoms with Crippen molar-refractivity contribution in [2.75, 3.05) is 11.6 Å². The third-order valence-corrected chi connectivity index (χ3v) is 1.79. The minimum absolute atomic E-state index is 0.509. The number of anilines is 1. The smallest absolute Gasteiger partial charge is 0.203 e. The Balaban J connectivity index is 2.61. The van der Waals surface area contributed by atoms with Crippen LogP contribution in [-0.4, -0.2) is 16.1 Å². The van der Waals surface area contributed by atoms with Crippen LogP contribution in [0.5, 0.6) is 0 Å². The molecule has 0 fully saturated rings. The number of nitrogens with zero attached hydrogens (tertiary/aromatic N) is 2. The van der Waals surface area contributed by atoms with Gasteiger partial charge in [0.25, 0.3) is 0 Å². The van der Waals surface area contributed by atoms with Gasteiger partial charge < -0.3 is 5.73 Å². The van der Waals surface area contributed by atoms with Crippen LogP contribution in [0.25, 0.3) is 0 Å². The minimum atomic E-state index is 0.509. The van der Waals surface area contributed by atoms with Gasteiger partial charge >= 0.3 is 0 Å². The van der Waals surface area contributed by atoms with Crippen molar-refractivity contribution in [1.29, 1.82) is 0 Å². The average Bonchev–Trinajstić information content (AvgIpc) is 2.17. The highest BCUT2D eigenvalue weighted by Gasteiger charge is 1.97. The maximum absolute atomic E-state index is 5.44. The molecule has 0 saturated heterocycles. The summed E-state index contributed by atoms with van der Waals surface area (Å²) >= 11 is 6.83. The van der Waals surface area contributed by atoms with Crippen LogP contribution in [0.4, 0.5) is 5.13 Å². The van der Waals surface area contributed by atoms with E-state index in [0.29, 0.717) is 11.0 Å². The summed E-state index contributed by atoms with van der Waals surface area (Å²) in [6.07, 6.45) is 0.760. The average molecular weight is 164 g/mol. The lowest BCUT2D eigenvalue weighted by Gasteiger charge is -1.81. The summed E-state index contributed by atoms with van der Waals surface area (Å²) in [4.78, 5) is 0. The lowest BCUT2D eigenvalue weighted by Crippen LogP contribution is -1.83. The van der Waals surface area contributed by atoms with Crippen LogP contribution in [0.15, 0.2) is 0 Å². The number of nitrogen functional groups attached to an aromatic ring is 1. The Morgan fingerprint density at radius 1 is 1.56 bits per heavy atom. The number of aryl methyl sites for hydroxylation is 1. The summed E-state index contributed by atoms with van der Waals surface area (Å²) in [5.41, 5.74) is 5.31. The van der Waals surface area contributed by atoms with Gasteiger partial charge in [0, 0.05) is 12.3 Å². The number of hydrogen-bond donors (Lipinski definition) is 1. The Bertz CT molecular complexity index is 188. The first-order valence-electron chi connectivity index (χ1n) is 2.46. The van der Waals surface area contributed by atoms with Gasteiger partial charge in [0.2, 0.25) is 5.13 Å². The van der Waals surface area contributed by atoms with Crippen LogP contribution in [0, 0.1) is 0 Å². The van der Waals surface area contributed by atoms with Crippen LogP contribution in [0.2, 0.25) is 0 Å². The van der Waals surface area contributed by atoms with E-state index in [1.54, 1.807) is 0 Å². The van der Waals surface area contributed by atoms with Crippen molar-refractivity contribution in [3.8, 4) is 0 Å². The van der Waals surface area contributed by atoms with Crippen LogP contribution in [-0.2, 0) is 6.42 Å². The highest BCUT2D eigenvalue weighted by molar-refractivity contribution is 7.15. The molecule has 1 aromatic rings. The summed E-state index contributed by atoms with van der Waals surface area (Å²) in [6.45, 7) is 0. The van der Waals surface area contributed by atoms with E-state index >= 15 is 0 Å². The summed E-state index contributed by atoms with van der Waals surface area (Å²) in [6, 6.07) is 0. The number of halogens is 1. The zero-order valence-corrected chi connectivity index (χ0v) is 6.24. The van der Waals surface area contributed by atoms with Crippen LogP contribution >= 0.6 is 22.9 Å². The molecule has 0 saturated carbocycles. The lowest BCUT2D eigenvalue weighted by molar-refractivity contribution is 0.991. The Labute approximate surface area is 61.9 Å². The number of aromatic nitrogens is 2. The molecule has 3 nitrogen and oxygen atoms in total. The van der Waals surface area contributed by atoms with E-state index in [1.165, 1.54) is 11.3 Å². The molecule has 0 aliphatic carbocycles. The van der Waals surface area contributed by atoms with Crippen molar-refractivity contribution in [2.24, 2.45) is 0 Å². The molecular weight excluding hydrogens is 158 g/mol. The molecule has 0 aliphatic rings. The van der Waals surface area contributed by atoms with Crippen molar-refractivity contribution in [3.63, 3.8) is 0 Å². The SMILES string of the molecule is Nc1nnc(CCCl)s1. The second kappa shape index (κ2) is 2.98. The summed E-state index contributed by atoms with van der Waals surface area (Å²) in [5, 5.41) is 8.80. The Morgan fingerprint density at radius 2 is 2.33 bits per heavy atom. The largest absolute Gasteiger partial charge is 0.374 e. The lowest BCUT2D eigenvalue weighted by atomic mass is 10.5. The standard InChI is InChI=1S/C4H6ClN3S/c5-2-1-3-7-8-4(6)9-3/h1-2H2,(H2,6,8). The fraction of sp³-hybridized carbons (Fsp3) is 0.500. The normalized spacial score (nSPS) is 9.89. The van der Waals surface area contributed by atoms with E-state index in [0.717, 1.165) is 11.4 Å². The Morgan fingerprint density at radius 3 is 2.78 bits per heavy atom. The van der Waals surface area contributed by atoms with Gasteiger partial charge in [0.15, 0.2) is 0 Å². The summed E-state index contributed by atoms with van der Waals surface area (Å²) in [7, 11) is 0. The molecule has 0 radical (unpaired) electrons. The highest BCUT2D eigenvalue weighted by atomic mass is 35.5. The molecular formula is C4H6ClN3S. The van der Waals surface area contributed by atoms with Gasteiger partial charge in [-0.2, -0.15) is 0 Å². The Kier molecular flexibility index (Phi) is 2.24. The summed E-state index contributed by atoms with van der Waals surface area (Å²) < 4.78 is 0. The molecule has 2 N–H and O–H groups in total. The molecule has 1 heterocycles. The first-order chi connectivity index (χ1) is 4.33. The van der Waals surface area contributed by atoms with E-state index in [2.05, 4.69) is 10.2 Å². The van der Waals surface area contributed by atoms with E-state index in [9.17, 15) is 0 Å². The highest BCUT2D eigenvalue weighted by Crippen LogP contribution is 2.11. The minimum Gasteiger partial charge on any atom is -0.374 e. The molecule has 0 bridgehead atoms. The molecule has 9 heavy (non-hydrogen) atoms. The monoisotopic (exact) mass is 163 g/mol. The van der Waals surface area contributed by atoms with Gasteiger partial charge in [-0.1, -0.05) is 11.3 Å². The second-order valence-electron chi connectivity index (χ2n) is 1.47. The Hall–Kier alpha value is -0.350. The quantitative estimate of drug-likeness (QED) is 0.660. The first kappa shape index (κ1) is 6.77. The van der Waals surface area contributed by atoms with E-state index < -0.39 is 0 Å². The van der Waals surface area contributed by atoms with E-state index in [-0.39, 0.29) is 0 Å². The van der Waals surface area contributed by atoms with Gasteiger partial charge in [-0.15, -0.1) is 21.8 Å². The van der Waals surface area contributed by atoms with Gasteiger partial charge in [-0.3, -0.25) is 0 Å². The third-order valence-electron chi connectivity index (χ3n) is 0.791. The molecule has 5 heteroatoms. The van der Waals surface area contributed by atoms with Crippen molar-refractivity contribution in [1.82, 2.24) is 10.2 Å². The van der Waals surface area contributed by atoms with Crippen LogP contribution < -0.4 is 5.73 Å². The van der Waals surface area contributed by atoms with Gasteiger partial charge in [0.1, 0.15) is 5.01 Å². The fourth-order valence-corrected chi connectivity index (χ4v) is 1.35. The van der Waals surface area contributed by atoms with E-state index in [4.69, 9.17) is 17.3 Å². The maximum atomic E-state index is 5.44. The van der Waals surface area contributed by atoms with Gasteiger partial charge in [-0.05, 0) is 0 Å². The third kappa shape index (κ3) is 1.80. The molecule has 1 rings (SSSR count). The predicted octanol–water partition coefficient (Wildman–Crippen LogP) is 0.902. The predicted molar refractivity (Wildman–Crippen MR) is 38.7 cm³/mol. The van der Waals surface area contributed by atoms with Crippen molar-refractivity contribution in [2.45, 2.75) is 6.42 Å². The molecule has 0 aromatic carbocycles. The zero-order valence-electron chi connectivity index (χ0n) is 4.67. The van der Waals surface area contributed by atoms with Crippen molar-refractivity contribution < 1.29 is 0 Å². The van der Waals surface area contributed by atoms with Crippen LogP contribution in [0.3, 0.4) is 0 Å². The molecule has 1 aromatic heterocycles. The van der Waals surface area contributed by atoms with Crippen LogP contribution in [0.1, 0.15) is 5.01 Å². The molecule has 50 valence electrons. The molecule has 0 spiro atoms. The second-order valence-corrected chi connectivity index (χ2v) is 2.94. The first-order valence-corrected chi connectivity index (χ1v) is 3.82. The topological polar surface area (TPSA) is 51.8 Å². The number of nitrogens with two attached hydrogens (primary N) is 1. The number of alkyl halides is 1. The summed E-state index contributed by atoms with van der Waals surface area (Å²) in [5.74, 6) is 0.578. The van der Waals surface area contributed by atoms with Crippen molar-refractivity contribution >= 4 is 28.1 Å². The molecule has 0 unspecified atom stereocenters. The molecule has 0 atom stereocenters. The zero-order chi connectivity index (χ0) is 6.69. The molecule has 0 aliphatic heterocycles. The van der Waals surface area contributed by atoms with Gasteiger partial charge in [0.05, 0.1) is 0 Å². The fourth-order valence-electron chi connectivity index (χ4n) is 0.448. The van der Waals surface area contributed by atoms with Crippen molar-refractivity contribution in [3.05, 3.63) is 5.01 Å². The maximum Gasteiger partial charge on any atom is 0.203 e. The number of hydrogen-bond acceptors (Lipinski definition) is 4.